The highest BCUT2D eigenvalue weighted by Crippen LogP contribution is 2.28. The van der Waals surface area contributed by atoms with E-state index in [9.17, 15) is 14.4 Å². The van der Waals surface area contributed by atoms with Crippen LogP contribution in [0.1, 0.15) is 31.1 Å². The first-order chi connectivity index (χ1) is 12.1. The molecule has 0 spiro atoms. The van der Waals surface area contributed by atoms with Crippen LogP contribution in [0.4, 0.5) is 10.9 Å². The van der Waals surface area contributed by atoms with E-state index in [0.29, 0.717) is 5.13 Å². The highest BCUT2D eigenvalue weighted by Gasteiger charge is 2.37. The van der Waals surface area contributed by atoms with E-state index in [0.717, 1.165) is 4.90 Å². The molecule has 0 atom stereocenters. The molecule has 0 saturated carbocycles. The van der Waals surface area contributed by atoms with Gasteiger partial charge in [0.15, 0.2) is 5.13 Å². The number of thiazole rings is 1. The Morgan fingerprint density at radius 2 is 1.84 bits per heavy atom. The Labute approximate surface area is 146 Å². The number of carbonyl (C=O) groups is 3. The molecule has 1 aliphatic heterocycles. The smallest absolute Gasteiger partial charge is 0.267 e. The molecule has 0 unspecified atom stereocenters. The Morgan fingerprint density at radius 3 is 2.56 bits per heavy atom. The van der Waals surface area contributed by atoms with Gasteiger partial charge in [0.05, 0.1) is 11.1 Å². The van der Waals surface area contributed by atoms with Crippen LogP contribution in [-0.2, 0) is 0 Å². The van der Waals surface area contributed by atoms with Gasteiger partial charge in [-0.1, -0.05) is 6.07 Å². The van der Waals surface area contributed by atoms with Crippen LogP contribution in [0, 0.1) is 0 Å². The zero-order valence-corrected chi connectivity index (χ0v) is 13.5. The van der Waals surface area contributed by atoms with E-state index in [4.69, 9.17) is 0 Å². The van der Waals surface area contributed by atoms with Gasteiger partial charge in [0.1, 0.15) is 5.82 Å². The maximum absolute atomic E-state index is 12.6. The molecular formula is C17H10N4O3S. The molecule has 122 valence electrons. The van der Waals surface area contributed by atoms with Gasteiger partial charge in [-0.3, -0.25) is 19.7 Å². The third kappa shape index (κ3) is 2.58. The van der Waals surface area contributed by atoms with Crippen molar-refractivity contribution in [2.24, 2.45) is 0 Å². The van der Waals surface area contributed by atoms with Crippen molar-refractivity contribution in [3.63, 3.8) is 0 Å². The molecule has 0 aliphatic carbocycles. The average Bonchev–Trinajstić information content (AvgIpc) is 3.23. The van der Waals surface area contributed by atoms with E-state index in [2.05, 4.69) is 15.3 Å². The van der Waals surface area contributed by atoms with Crippen LogP contribution < -0.4 is 10.2 Å². The Kier molecular flexibility index (Phi) is 3.58. The first-order valence-corrected chi connectivity index (χ1v) is 8.18. The zero-order valence-electron chi connectivity index (χ0n) is 12.7. The van der Waals surface area contributed by atoms with Crippen LogP contribution >= 0.6 is 11.3 Å². The number of anilines is 2. The number of nitrogens with one attached hydrogen (secondary N) is 1. The van der Waals surface area contributed by atoms with Crippen molar-refractivity contribution in [1.82, 2.24) is 9.97 Å². The van der Waals surface area contributed by atoms with Crippen LogP contribution in [0.3, 0.4) is 0 Å². The Balaban J connectivity index is 1.67. The predicted octanol–water partition coefficient (Wildman–Crippen LogP) is 2.59. The highest BCUT2D eigenvalue weighted by molar-refractivity contribution is 7.13. The number of imide groups is 1. The first-order valence-electron chi connectivity index (χ1n) is 7.30. The summed E-state index contributed by atoms with van der Waals surface area (Å²) < 4.78 is 0. The molecule has 0 bridgehead atoms. The van der Waals surface area contributed by atoms with E-state index in [1.807, 2.05) is 0 Å². The fraction of sp³-hybridized carbons (Fsp3) is 0. The normalized spacial score (nSPS) is 13.0. The molecule has 4 rings (SSSR count). The molecular weight excluding hydrogens is 340 g/mol. The van der Waals surface area contributed by atoms with E-state index in [1.165, 1.54) is 35.7 Å². The molecule has 25 heavy (non-hydrogen) atoms. The molecule has 0 fully saturated rings. The van der Waals surface area contributed by atoms with Crippen molar-refractivity contribution < 1.29 is 14.4 Å². The monoisotopic (exact) mass is 350 g/mol. The SMILES string of the molecule is O=C(Nc1nccs1)c1ccc2c(c1)C(=O)N(c1ccccn1)C2=O. The number of benzene rings is 1. The summed E-state index contributed by atoms with van der Waals surface area (Å²) in [4.78, 5) is 46.4. The molecule has 3 amide bonds. The van der Waals surface area contributed by atoms with Crippen LogP contribution in [0.15, 0.2) is 54.2 Å². The molecule has 1 aromatic carbocycles. The van der Waals surface area contributed by atoms with E-state index >= 15 is 0 Å². The van der Waals surface area contributed by atoms with Crippen molar-refractivity contribution in [2.75, 3.05) is 10.2 Å². The van der Waals surface area contributed by atoms with Crippen molar-refractivity contribution in [2.45, 2.75) is 0 Å². The topological polar surface area (TPSA) is 92.3 Å². The number of rotatable bonds is 3. The largest absolute Gasteiger partial charge is 0.298 e. The van der Waals surface area contributed by atoms with Crippen molar-refractivity contribution in [1.29, 1.82) is 0 Å². The minimum absolute atomic E-state index is 0.183. The number of pyridine rings is 1. The van der Waals surface area contributed by atoms with Gasteiger partial charge in [-0.2, -0.15) is 0 Å². The highest BCUT2D eigenvalue weighted by atomic mass is 32.1. The van der Waals surface area contributed by atoms with Gasteiger partial charge < -0.3 is 0 Å². The lowest BCUT2D eigenvalue weighted by Crippen LogP contribution is -2.30. The summed E-state index contributed by atoms with van der Waals surface area (Å²) in [5, 5.41) is 4.85. The molecule has 7 nitrogen and oxygen atoms in total. The molecule has 0 radical (unpaired) electrons. The average molecular weight is 350 g/mol. The lowest BCUT2D eigenvalue weighted by Gasteiger charge is -2.11. The van der Waals surface area contributed by atoms with Gasteiger partial charge in [0, 0.05) is 23.3 Å². The summed E-state index contributed by atoms with van der Waals surface area (Å²) in [5.41, 5.74) is 0.710. The second-order valence-electron chi connectivity index (χ2n) is 5.19. The minimum atomic E-state index is -0.498. The number of aromatic nitrogens is 2. The summed E-state index contributed by atoms with van der Waals surface area (Å²) in [6, 6.07) is 9.38. The van der Waals surface area contributed by atoms with Gasteiger partial charge in [0.25, 0.3) is 17.7 Å². The third-order valence-electron chi connectivity index (χ3n) is 3.68. The Morgan fingerprint density at radius 1 is 1.00 bits per heavy atom. The molecule has 3 aromatic rings. The van der Waals surface area contributed by atoms with Crippen molar-refractivity contribution in [3.8, 4) is 0 Å². The number of nitrogens with zero attached hydrogens (tertiary/aromatic N) is 3. The fourth-order valence-corrected chi connectivity index (χ4v) is 3.05. The van der Waals surface area contributed by atoms with Gasteiger partial charge in [0.2, 0.25) is 0 Å². The lowest BCUT2D eigenvalue weighted by molar-refractivity contribution is 0.0924. The quantitative estimate of drug-likeness (QED) is 0.733. The number of carbonyl (C=O) groups excluding carboxylic acids is 3. The van der Waals surface area contributed by atoms with E-state index in [-0.39, 0.29) is 22.5 Å². The fourth-order valence-electron chi connectivity index (χ4n) is 2.53. The van der Waals surface area contributed by atoms with Crippen LogP contribution in [-0.4, -0.2) is 27.7 Å². The van der Waals surface area contributed by atoms with Crippen LogP contribution in [0.5, 0.6) is 0 Å². The lowest BCUT2D eigenvalue weighted by atomic mass is 10.1. The Bertz CT molecular complexity index is 986. The minimum Gasteiger partial charge on any atom is -0.298 e. The summed E-state index contributed by atoms with van der Waals surface area (Å²) in [6.07, 6.45) is 3.09. The summed E-state index contributed by atoms with van der Waals surface area (Å²) in [5.74, 6) is -1.09. The summed E-state index contributed by atoms with van der Waals surface area (Å²) in [6.45, 7) is 0. The molecule has 1 aliphatic rings. The van der Waals surface area contributed by atoms with Crippen LogP contribution in [0.2, 0.25) is 0 Å². The number of hydrogen-bond acceptors (Lipinski definition) is 6. The van der Waals surface area contributed by atoms with Crippen molar-refractivity contribution >= 4 is 40.0 Å². The Hall–Kier alpha value is -3.39. The molecule has 8 heteroatoms. The third-order valence-corrected chi connectivity index (χ3v) is 4.37. The molecule has 2 aromatic heterocycles. The molecule has 0 saturated heterocycles. The van der Waals surface area contributed by atoms with E-state index in [1.54, 1.807) is 29.8 Å². The first kappa shape index (κ1) is 15.2. The van der Waals surface area contributed by atoms with Gasteiger partial charge >= 0.3 is 0 Å². The predicted molar refractivity (Wildman–Crippen MR) is 91.9 cm³/mol. The molecule has 3 heterocycles. The second-order valence-corrected chi connectivity index (χ2v) is 6.08. The second kappa shape index (κ2) is 5.91. The van der Waals surface area contributed by atoms with Gasteiger partial charge in [-0.05, 0) is 30.3 Å². The molecule has 1 N–H and O–H groups in total. The van der Waals surface area contributed by atoms with E-state index < -0.39 is 17.7 Å². The maximum Gasteiger partial charge on any atom is 0.267 e. The zero-order chi connectivity index (χ0) is 17.4. The van der Waals surface area contributed by atoms with Crippen LogP contribution in [0.25, 0.3) is 0 Å². The number of amides is 3. The summed E-state index contributed by atoms with van der Waals surface area (Å²) in [7, 11) is 0. The van der Waals surface area contributed by atoms with Crippen molar-refractivity contribution in [3.05, 3.63) is 70.9 Å². The number of fused-ring (bicyclic) bond motifs is 1. The van der Waals surface area contributed by atoms with Gasteiger partial charge in [-0.25, -0.2) is 14.9 Å². The standard InChI is InChI=1S/C17H10N4O3S/c22-14(20-17-19-7-8-25-17)10-4-5-11-12(9-10)16(24)21(15(11)23)13-3-1-2-6-18-13/h1-9H,(H,19,20,22). The maximum atomic E-state index is 12.6. The number of hydrogen-bond donors (Lipinski definition) is 1. The summed E-state index contributed by atoms with van der Waals surface area (Å²) >= 11 is 1.29. The van der Waals surface area contributed by atoms with Gasteiger partial charge in [-0.15, -0.1) is 11.3 Å².